The second kappa shape index (κ2) is 10.8. The smallest absolute Gasteiger partial charge is 0.262 e. The lowest BCUT2D eigenvalue weighted by Crippen LogP contribution is -2.54. The van der Waals surface area contributed by atoms with Gasteiger partial charge >= 0.3 is 0 Å². The zero-order valence-corrected chi connectivity index (χ0v) is 22.1. The summed E-state index contributed by atoms with van der Waals surface area (Å²) >= 11 is 0. The first kappa shape index (κ1) is 25.5. The van der Waals surface area contributed by atoms with Crippen LogP contribution >= 0.6 is 0 Å². The number of imide groups is 2. The van der Waals surface area contributed by atoms with Gasteiger partial charge < -0.3 is 15.1 Å². The molecule has 38 heavy (non-hydrogen) atoms. The number of benzene rings is 1. The zero-order valence-electron chi connectivity index (χ0n) is 22.1. The van der Waals surface area contributed by atoms with E-state index in [2.05, 4.69) is 20.4 Å². The summed E-state index contributed by atoms with van der Waals surface area (Å²) in [5.41, 5.74) is 1.67. The molecule has 1 atom stereocenters. The molecule has 5 aliphatic rings. The number of likely N-dealkylation sites (tertiary alicyclic amines) is 1. The van der Waals surface area contributed by atoms with Crippen LogP contribution in [0.1, 0.15) is 72.1 Å². The lowest BCUT2D eigenvalue weighted by atomic mass is 9.78. The lowest BCUT2D eigenvalue weighted by Gasteiger charge is -2.41. The van der Waals surface area contributed by atoms with Gasteiger partial charge in [0.2, 0.25) is 11.8 Å². The SMILES string of the molecule is O=C1CCC(N2C(=O)c3ccc(N4CCC(C5CCN(CC6CCNCC6)CC5)CC4)cc3C2=O)C(=O)N1. The topological polar surface area (TPSA) is 102 Å². The molecule has 0 bridgehead atoms. The molecule has 0 aromatic heterocycles. The van der Waals surface area contributed by atoms with Crippen molar-refractivity contribution in [2.24, 2.45) is 17.8 Å². The van der Waals surface area contributed by atoms with Gasteiger partial charge in [-0.15, -0.1) is 0 Å². The minimum absolute atomic E-state index is 0.126. The van der Waals surface area contributed by atoms with Gasteiger partial charge in [-0.3, -0.25) is 29.4 Å². The summed E-state index contributed by atoms with van der Waals surface area (Å²) in [7, 11) is 0. The number of nitrogens with one attached hydrogen (secondary N) is 2. The van der Waals surface area contributed by atoms with Crippen molar-refractivity contribution < 1.29 is 19.2 Å². The van der Waals surface area contributed by atoms with E-state index in [-0.39, 0.29) is 18.7 Å². The summed E-state index contributed by atoms with van der Waals surface area (Å²) in [6.07, 6.45) is 7.86. The van der Waals surface area contributed by atoms with E-state index in [0.717, 1.165) is 54.3 Å². The van der Waals surface area contributed by atoms with Crippen LogP contribution < -0.4 is 15.5 Å². The number of hydrogen-bond donors (Lipinski definition) is 2. The van der Waals surface area contributed by atoms with Crippen LogP contribution in [0.5, 0.6) is 0 Å². The molecular weight excluding hydrogens is 482 g/mol. The average Bonchev–Trinajstić information content (AvgIpc) is 3.19. The molecule has 1 aromatic carbocycles. The number of carbonyl (C=O) groups is 4. The Balaban J connectivity index is 1.03. The van der Waals surface area contributed by atoms with Crippen LogP contribution in [0.15, 0.2) is 18.2 Å². The van der Waals surface area contributed by atoms with Crippen molar-refractivity contribution >= 4 is 29.3 Å². The number of hydrogen-bond acceptors (Lipinski definition) is 7. The zero-order chi connectivity index (χ0) is 26.2. The Kier molecular flexibility index (Phi) is 7.22. The molecule has 1 aromatic rings. The minimum Gasteiger partial charge on any atom is -0.371 e. The van der Waals surface area contributed by atoms with Gasteiger partial charge in [-0.2, -0.15) is 0 Å². The molecule has 5 aliphatic heterocycles. The molecule has 2 N–H and O–H groups in total. The second-order valence-corrected chi connectivity index (χ2v) is 11.8. The third kappa shape index (κ3) is 4.98. The van der Waals surface area contributed by atoms with Gasteiger partial charge in [0.05, 0.1) is 11.1 Å². The molecule has 5 heterocycles. The van der Waals surface area contributed by atoms with Gasteiger partial charge in [-0.1, -0.05) is 0 Å². The number of carbonyl (C=O) groups excluding carboxylic acids is 4. The van der Waals surface area contributed by atoms with Gasteiger partial charge in [-0.25, -0.2) is 0 Å². The van der Waals surface area contributed by atoms with Crippen molar-refractivity contribution in [1.82, 2.24) is 20.4 Å². The summed E-state index contributed by atoms with van der Waals surface area (Å²) in [6.45, 7) is 8.00. The highest BCUT2D eigenvalue weighted by molar-refractivity contribution is 6.23. The van der Waals surface area contributed by atoms with E-state index >= 15 is 0 Å². The molecule has 0 radical (unpaired) electrons. The van der Waals surface area contributed by atoms with Crippen molar-refractivity contribution in [1.29, 1.82) is 0 Å². The first-order valence-corrected chi connectivity index (χ1v) is 14.5. The molecule has 6 rings (SSSR count). The van der Waals surface area contributed by atoms with E-state index in [0.29, 0.717) is 11.1 Å². The molecular formula is C29H39N5O4. The van der Waals surface area contributed by atoms with Gasteiger partial charge in [0, 0.05) is 31.7 Å². The molecule has 9 nitrogen and oxygen atoms in total. The maximum Gasteiger partial charge on any atom is 0.262 e. The Labute approximate surface area is 224 Å². The van der Waals surface area contributed by atoms with Crippen molar-refractivity contribution in [3.63, 3.8) is 0 Å². The lowest BCUT2D eigenvalue weighted by molar-refractivity contribution is -0.136. The van der Waals surface area contributed by atoms with Crippen LogP contribution in [0.25, 0.3) is 0 Å². The van der Waals surface area contributed by atoms with Crippen molar-refractivity contribution in [2.45, 2.75) is 57.4 Å². The summed E-state index contributed by atoms with van der Waals surface area (Å²) in [5.74, 6) is 0.604. The number of fused-ring (bicyclic) bond motifs is 1. The standard InChI is InChI=1S/C29H39N5O4/c35-26-4-3-25(27(36)31-26)34-28(37)23-2-1-22(17-24(23)29(34)38)33-15-9-21(10-16-33)20-7-13-32(14-8-20)18-19-5-11-30-12-6-19/h1-2,17,19-21,25,30H,3-16,18H2,(H,31,35,36). The largest absolute Gasteiger partial charge is 0.371 e. The minimum atomic E-state index is -0.926. The molecule has 0 aliphatic carbocycles. The number of anilines is 1. The summed E-state index contributed by atoms with van der Waals surface area (Å²) in [4.78, 5) is 56.1. The third-order valence-electron chi connectivity index (χ3n) is 9.60. The normalized spacial score (nSPS) is 26.7. The Morgan fingerprint density at radius 1 is 0.763 bits per heavy atom. The summed E-state index contributed by atoms with van der Waals surface area (Å²) in [6, 6.07) is 4.55. The molecule has 204 valence electrons. The van der Waals surface area contributed by atoms with E-state index in [1.807, 2.05) is 12.1 Å². The van der Waals surface area contributed by atoms with E-state index in [9.17, 15) is 19.2 Å². The summed E-state index contributed by atoms with van der Waals surface area (Å²) < 4.78 is 0. The quantitative estimate of drug-likeness (QED) is 0.572. The summed E-state index contributed by atoms with van der Waals surface area (Å²) in [5, 5.41) is 5.72. The molecule has 4 saturated heterocycles. The maximum atomic E-state index is 13.2. The molecule has 0 saturated carbocycles. The Morgan fingerprint density at radius 3 is 2.11 bits per heavy atom. The molecule has 9 heteroatoms. The predicted octanol–water partition coefficient (Wildman–Crippen LogP) is 2.02. The van der Waals surface area contributed by atoms with Gasteiger partial charge in [0.25, 0.3) is 11.8 Å². The Morgan fingerprint density at radius 2 is 1.42 bits per heavy atom. The first-order chi connectivity index (χ1) is 18.5. The maximum absolute atomic E-state index is 13.2. The average molecular weight is 522 g/mol. The fraction of sp³-hybridized carbons (Fsp3) is 0.655. The van der Waals surface area contributed by atoms with Crippen molar-refractivity contribution in [3.8, 4) is 0 Å². The molecule has 4 fully saturated rings. The second-order valence-electron chi connectivity index (χ2n) is 11.8. The van der Waals surface area contributed by atoms with Gasteiger partial charge in [0.15, 0.2) is 0 Å². The van der Waals surface area contributed by atoms with Gasteiger partial charge in [-0.05, 0) is 107 Å². The monoisotopic (exact) mass is 521 g/mol. The Bertz CT molecular complexity index is 1100. The fourth-order valence-corrected chi connectivity index (χ4v) is 7.32. The highest BCUT2D eigenvalue weighted by atomic mass is 16.2. The van der Waals surface area contributed by atoms with Crippen LogP contribution in [0.4, 0.5) is 5.69 Å². The first-order valence-electron chi connectivity index (χ1n) is 14.5. The molecule has 1 unspecified atom stereocenters. The number of piperidine rings is 4. The van der Waals surface area contributed by atoms with Crippen LogP contribution in [-0.4, -0.2) is 85.3 Å². The highest BCUT2D eigenvalue weighted by Crippen LogP contribution is 2.36. The molecule has 0 spiro atoms. The van der Waals surface area contributed by atoms with E-state index in [4.69, 9.17) is 0 Å². The van der Waals surface area contributed by atoms with Crippen LogP contribution in [-0.2, 0) is 9.59 Å². The van der Waals surface area contributed by atoms with E-state index in [1.165, 1.54) is 58.4 Å². The third-order valence-corrected chi connectivity index (χ3v) is 9.60. The predicted molar refractivity (Wildman–Crippen MR) is 143 cm³/mol. The van der Waals surface area contributed by atoms with Crippen LogP contribution in [0.2, 0.25) is 0 Å². The van der Waals surface area contributed by atoms with E-state index < -0.39 is 23.8 Å². The fourth-order valence-electron chi connectivity index (χ4n) is 7.32. The van der Waals surface area contributed by atoms with Crippen molar-refractivity contribution in [3.05, 3.63) is 29.3 Å². The molecule has 4 amide bonds. The number of amides is 4. The number of nitrogens with zero attached hydrogens (tertiary/aromatic N) is 3. The van der Waals surface area contributed by atoms with Crippen LogP contribution in [0.3, 0.4) is 0 Å². The van der Waals surface area contributed by atoms with Gasteiger partial charge in [0.1, 0.15) is 6.04 Å². The number of rotatable bonds is 5. The van der Waals surface area contributed by atoms with E-state index in [1.54, 1.807) is 6.07 Å². The van der Waals surface area contributed by atoms with Crippen molar-refractivity contribution in [2.75, 3.05) is 50.7 Å². The van der Waals surface area contributed by atoms with Crippen LogP contribution in [0, 0.1) is 17.8 Å². The Hall–Kier alpha value is -2.78. The highest BCUT2D eigenvalue weighted by Gasteiger charge is 2.45.